The maximum Gasteiger partial charge on any atom is 0.237 e. The number of nitrogens with one attached hydrogen (secondary N) is 2. The van der Waals surface area contributed by atoms with Gasteiger partial charge in [-0.15, -0.1) is 0 Å². The summed E-state index contributed by atoms with van der Waals surface area (Å²) in [5.74, 6) is 0.130. The van der Waals surface area contributed by atoms with E-state index in [1.54, 1.807) is 0 Å². The Labute approximate surface area is 104 Å². The number of amides is 1. The number of carbonyl (C=O) groups is 1. The lowest BCUT2D eigenvalue weighted by atomic mass is 10.2. The lowest BCUT2D eigenvalue weighted by Crippen LogP contribution is -2.43. The van der Waals surface area contributed by atoms with Gasteiger partial charge in [0.1, 0.15) is 0 Å². The number of carbonyl (C=O) groups excluding carboxylic acids is 1. The molecule has 0 aromatic rings. The third-order valence-corrected chi connectivity index (χ3v) is 2.79. The Kier molecular flexibility index (Phi) is 6.52. The predicted octanol–water partition coefficient (Wildman–Crippen LogP) is 1.45. The first-order valence-electron chi connectivity index (χ1n) is 6.75. The number of rotatable bonds is 9. The molecule has 0 spiro atoms. The van der Waals surface area contributed by atoms with E-state index in [2.05, 4.69) is 10.6 Å². The van der Waals surface area contributed by atoms with E-state index in [9.17, 15) is 4.79 Å². The fraction of sp³-hybridized carbons (Fsp3) is 0.923. The van der Waals surface area contributed by atoms with E-state index in [1.807, 2.05) is 20.8 Å². The Balaban J connectivity index is 1.92. The van der Waals surface area contributed by atoms with Crippen LogP contribution in [0.4, 0.5) is 0 Å². The molecule has 0 radical (unpaired) electrons. The highest BCUT2D eigenvalue weighted by Gasteiger charge is 2.25. The van der Waals surface area contributed by atoms with Gasteiger partial charge in [-0.1, -0.05) is 0 Å². The zero-order chi connectivity index (χ0) is 12.7. The quantitative estimate of drug-likeness (QED) is 0.602. The minimum atomic E-state index is -0.0818. The summed E-state index contributed by atoms with van der Waals surface area (Å²) in [6.07, 6.45) is 4.69. The average Bonchev–Trinajstić information content (AvgIpc) is 3.06. The lowest BCUT2D eigenvalue weighted by Gasteiger charge is -2.13. The Bertz CT molecular complexity index is 227. The molecular weight excluding hydrogens is 216 g/mol. The highest BCUT2D eigenvalue weighted by atomic mass is 16.5. The summed E-state index contributed by atoms with van der Waals surface area (Å²) >= 11 is 0. The SMILES string of the molecule is CC(C)OCCCCNC(C)C(=O)NC1CC1. The van der Waals surface area contributed by atoms with Gasteiger partial charge in [0.05, 0.1) is 12.1 Å². The van der Waals surface area contributed by atoms with Gasteiger partial charge in [-0.05, 0) is 53.0 Å². The molecule has 100 valence electrons. The van der Waals surface area contributed by atoms with Crippen LogP contribution in [0.2, 0.25) is 0 Å². The molecule has 1 aliphatic rings. The molecule has 1 fully saturated rings. The maximum absolute atomic E-state index is 11.6. The van der Waals surface area contributed by atoms with Gasteiger partial charge in [-0.2, -0.15) is 0 Å². The molecule has 0 aliphatic heterocycles. The molecule has 1 saturated carbocycles. The molecule has 1 aliphatic carbocycles. The highest BCUT2D eigenvalue weighted by molar-refractivity contribution is 5.81. The molecule has 4 heteroatoms. The molecule has 0 bridgehead atoms. The zero-order valence-electron chi connectivity index (χ0n) is 11.3. The summed E-state index contributed by atoms with van der Waals surface area (Å²) in [7, 11) is 0. The van der Waals surface area contributed by atoms with Crippen molar-refractivity contribution in [3.05, 3.63) is 0 Å². The Morgan fingerprint density at radius 1 is 1.29 bits per heavy atom. The molecule has 1 atom stereocenters. The van der Waals surface area contributed by atoms with Crippen molar-refractivity contribution in [1.82, 2.24) is 10.6 Å². The van der Waals surface area contributed by atoms with Crippen LogP contribution in [-0.4, -0.2) is 37.2 Å². The third-order valence-electron chi connectivity index (χ3n) is 2.79. The van der Waals surface area contributed by atoms with Gasteiger partial charge >= 0.3 is 0 Å². The van der Waals surface area contributed by atoms with Crippen LogP contribution in [0.3, 0.4) is 0 Å². The second-order valence-corrected chi connectivity index (χ2v) is 5.09. The zero-order valence-corrected chi connectivity index (χ0v) is 11.3. The van der Waals surface area contributed by atoms with Gasteiger partial charge in [-0.25, -0.2) is 0 Å². The van der Waals surface area contributed by atoms with Gasteiger partial charge < -0.3 is 15.4 Å². The summed E-state index contributed by atoms with van der Waals surface area (Å²) < 4.78 is 5.45. The van der Waals surface area contributed by atoms with Gasteiger partial charge in [0.15, 0.2) is 0 Å². The molecular formula is C13H26N2O2. The van der Waals surface area contributed by atoms with E-state index >= 15 is 0 Å². The van der Waals surface area contributed by atoms with Crippen LogP contribution in [0.1, 0.15) is 46.5 Å². The van der Waals surface area contributed by atoms with Crippen LogP contribution in [0.5, 0.6) is 0 Å². The Hall–Kier alpha value is -0.610. The fourth-order valence-electron chi connectivity index (χ4n) is 1.51. The topological polar surface area (TPSA) is 50.4 Å². The number of hydrogen-bond acceptors (Lipinski definition) is 3. The van der Waals surface area contributed by atoms with Gasteiger partial charge in [0.25, 0.3) is 0 Å². The molecule has 1 rings (SSSR count). The van der Waals surface area contributed by atoms with Crippen LogP contribution >= 0.6 is 0 Å². The lowest BCUT2D eigenvalue weighted by molar-refractivity contribution is -0.122. The number of ether oxygens (including phenoxy) is 1. The smallest absolute Gasteiger partial charge is 0.237 e. The van der Waals surface area contributed by atoms with Crippen molar-refractivity contribution < 1.29 is 9.53 Å². The van der Waals surface area contributed by atoms with E-state index in [0.717, 1.165) is 38.8 Å². The Morgan fingerprint density at radius 3 is 2.59 bits per heavy atom. The van der Waals surface area contributed by atoms with E-state index in [4.69, 9.17) is 4.74 Å². The van der Waals surface area contributed by atoms with Crippen LogP contribution in [-0.2, 0) is 9.53 Å². The van der Waals surface area contributed by atoms with Crippen LogP contribution < -0.4 is 10.6 Å². The molecule has 2 N–H and O–H groups in total. The second-order valence-electron chi connectivity index (χ2n) is 5.09. The summed E-state index contributed by atoms with van der Waals surface area (Å²) in [5, 5.41) is 6.23. The van der Waals surface area contributed by atoms with Gasteiger partial charge in [0.2, 0.25) is 5.91 Å². The van der Waals surface area contributed by atoms with Crippen molar-refractivity contribution in [3.63, 3.8) is 0 Å². The van der Waals surface area contributed by atoms with Crippen molar-refractivity contribution in [1.29, 1.82) is 0 Å². The van der Waals surface area contributed by atoms with E-state index in [0.29, 0.717) is 12.1 Å². The average molecular weight is 242 g/mol. The number of unbranched alkanes of at least 4 members (excludes halogenated alkanes) is 1. The van der Waals surface area contributed by atoms with E-state index < -0.39 is 0 Å². The maximum atomic E-state index is 11.6. The summed E-state index contributed by atoms with van der Waals surface area (Å²) in [4.78, 5) is 11.6. The standard InChI is InChI=1S/C13H26N2O2/c1-10(2)17-9-5-4-8-14-11(3)13(16)15-12-6-7-12/h10-12,14H,4-9H2,1-3H3,(H,15,16). The van der Waals surface area contributed by atoms with Crippen molar-refractivity contribution in [3.8, 4) is 0 Å². The first-order chi connectivity index (χ1) is 8.09. The molecule has 1 unspecified atom stereocenters. The van der Waals surface area contributed by atoms with E-state index in [-0.39, 0.29) is 11.9 Å². The van der Waals surface area contributed by atoms with Crippen LogP contribution in [0.25, 0.3) is 0 Å². The van der Waals surface area contributed by atoms with Crippen molar-refractivity contribution in [2.45, 2.75) is 64.6 Å². The summed E-state index contributed by atoms with van der Waals surface area (Å²) in [6.45, 7) is 7.69. The molecule has 4 nitrogen and oxygen atoms in total. The van der Waals surface area contributed by atoms with Crippen molar-refractivity contribution >= 4 is 5.91 Å². The van der Waals surface area contributed by atoms with Gasteiger partial charge in [0, 0.05) is 12.6 Å². The summed E-state index contributed by atoms with van der Waals surface area (Å²) in [5.41, 5.74) is 0. The first-order valence-corrected chi connectivity index (χ1v) is 6.75. The minimum Gasteiger partial charge on any atom is -0.379 e. The van der Waals surface area contributed by atoms with E-state index in [1.165, 1.54) is 0 Å². The van der Waals surface area contributed by atoms with Crippen LogP contribution in [0, 0.1) is 0 Å². The molecule has 1 amide bonds. The Morgan fingerprint density at radius 2 is 2.00 bits per heavy atom. The second kappa shape index (κ2) is 7.67. The summed E-state index contributed by atoms with van der Waals surface area (Å²) in [6, 6.07) is 0.368. The normalized spacial score (nSPS) is 17.2. The molecule has 17 heavy (non-hydrogen) atoms. The van der Waals surface area contributed by atoms with Crippen LogP contribution in [0.15, 0.2) is 0 Å². The monoisotopic (exact) mass is 242 g/mol. The fourth-order valence-corrected chi connectivity index (χ4v) is 1.51. The molecule has 0 saturated heterocycles. The first kappa shape index (κ1) is 14.5. The molecule has 0 heterocycles. The minimum absolute atomic E-state index is 0.0818. The van der Waals surface area contributed by atoms with Crippen molar-refractivity contribution in [2.24, 2.45) is 0 Å². The van der Waals surface area contributed by atoms with Crippen molar-refractivity contribution in [2.75, 3.05) is 13.2 Å². The number of hydrogen-bond donors (Lipinski definition) is 2. The molecule has 0 aromatic carbocycles. The highest BCUT2D eigenvalue weighted by Crippen LogP contribution is 2.18. The van der Waals surface area contributed by atoms with Gasteiger partial charge in [-0.3, -0.25) is 4.79 Å². The third kappa shape index (κ3) is 7.34. The predicted molar refractivity (Wildman–Crippen MR) is 69.0 cm³/mol. The molecule has 0 aromatic heterocycles. The largest absolute Gasteiger partial charge is 0.379 e.